The summed E-state index contributed by atoms with van der Waals surface area (Å²) in [6, 6.07) is 3.95. The SMILES string of the molecule is CN1CC[C@@H](O)[C@H](C(=O)N2CCc3ncccc3C2)C1. The number of hydrogen-bond donors (Lipinski definition) is 1. The summed E-state index contributed by atoms with van der Waals surface area (Å²) >= 11 is 0. The average Bonchev–Trinajstić information content (AvgIpc) is 2.48. The fraction of sp³-hybridized carbons (Fsp3) is 0.600. The predicted molar refractivity (Wildman–Crippen MR) is 75.0 cm³/mol. The molecule has 3 rings (SSSR count). The molecule has 0 aromatic carbocycles. The molecule has 1 aromatic heterocycles. The zero-order chi connectivity index (χ0) is 14.1. The number of likely N-dealkylation sites (tertiary alicyclic amines) is 1. The van der Waals surface area contributed by atoms with Crippen molar-refractivity contribution in [2.75, 3.05) is 26.7 Å². The molecule has 1 aromatic rings. The Morgan fingerprint density at radius 1 is 1.45 bits per heavy atom. The summed E-state index contributed by atoms with van der Waals surface area (Å²) in [4.78, 5) is 21.0. The molecule has 1 amide bonds. The summed E-state index contributed by atoms with van der Waals surface area (Å²) in [6.07, 6.45) is 2.78. The lowest BCUT2D eigenvalue weighted by Crippen LogP contribution is -2.50. The molecule has 1 fully saturated rings. The van der Waals surface area contributed by atoms with Crippen LogP contribution >= 0.6 is 0 Å². The van der Waals surface area contributed by atoms with Gasteiger partial charge in [0, 0.05) is 44.5 Å². The third-order valence-electron chi connectivity index (χ3n) is 4.37. The molecule has 108 valence electrons. The minimum Gasteiger partial charge on any atom is -0.392 e. The largest absolute Gasteiger partial charge is 0.392 e. The zero-order valence-corrected chi connectivity index (χ0v) is 11.8. The second-order valence-corrected chi connectivity index (χ2v) is 5.84. The van der Waals surface area contributed by atoms with E-state index in [9.17, 15) is 9.90 Å². The third-order valence-corrected chi connectivity index (χ3v) is 4.37. The predicted octanol–water partition coefficient (Wildman–Crippen LogP) is 0.279. The Hall–Kier alpha value is -1.46. The van der Waals surface area contributed by atoms with Gasteiger partial charge >= 0.3 is 0 Å². The standard InChI is InChI=1S/C15H21N3O2/c1-17-7-5-14(19)12(10-17)15(20)18-8-4-13-11(9-18)3-2-6-16-13/h2-3,6,12,14,19H,4-5,7-10H2,1H3/t12-,14-/m1/s1. The third kappa shape index (κ3) is 2.55. The van der Waals surface area contributed by atoms with Crippen LogP contribution < -0.4 is 0 Å². The van der Waals surface area contributed by atoms with Gasteiger partial charge in [-0.3, -0.25) is 9.78 Å². The molecular formula is C15H21N3O2. The van der Waals surface area contributed by atoms with Gasteiger partial charge in [0.15, 0.2) is 0 Å². The first-order chi connectivity index (χ1) is 9.65. The summed E-state index contributed by atoms with van der Waals surface area (Å²) in [5, 5.41) is 10.1. The first-order valence-corrected chi connectivity index (χ1v) is 7.23. The second-order valence-electron chi connectivity index (χ2n) is 5.84. The van der Waals surface area contributed by atoms with Gasteiger partial charge < -0.3 is 14.9 Å². The summed E-state index contributed by atoms with van der Waals surface area (Å²) in [5.41, 5.74) is 2.23. The molecule has 0 bridgehead atoms. The number of aliphatic hydroxyl groups is 1. The van der Waals surface area contributed by atoms with Gasteiger partial charge in [-0.25, -0.2) is 0 Å². The van der Waals surface area contributed by atoms with Gasteiger partial charge in [-0.15, -0.1) is 0 Å². The number of hydrogen-bond acceptors (Lipinski definition) is 4. The maximum Gasteiger partial charge on any atom is 0.229 e. The molecule has 5 heteroatoms. The Kier molecular flexibility index (Phi) is 3.72. The van der Waals surface area contributed by atoms with Crippen molar-refractivity contribution in [2.24, 2.45) is 5.92 Å². The van der Waals surface area contributed by atoms with Crippen molar-refractivity contribution in [1.29, 1.82) is 0 Å². The number of fused-ring (bicyclic) bond motifs is 1. The van der Waals surface area contributed by atoms with Crippen LogP contribution in [0.2, 0.25) is 0 Å². The number of aromatic nitrogens is 1. The Morgan fingerprint density at radius 3 is 3.15 bits per heavy atom. The number of carbonyl (C=O) groups is 1. The van der Waals surface area contributed by atoms with Gasteiger partial charge in [0.05, 0.1) is 12.0 Å². The van der Waals surface area contributed by atoms with Crippen LogP contribution in [0.25, 0.3) is 0 Å². The highest BCUT2D eigenvalue weighted by Crippen LogP contribution is 2.23. The molecular weight excluding hydrogens is 254 g/mol. The van der Waals surface area contributed by atoms with E-state index in [1.807, 2.05) is 24.1 Å². The van der Waals surface area contributed by atoms with E-state index in [2.05, 4.69) is 9.88 Å². The molecule has 0 aliphatic carbocycles. The van der Waals surface area contributed by atoms with Crippen molar-refractivity contribution in [1.82, 2.24) is 14.8 Å². The highest BCUT2D eigenvalue weighted by molar-refractivity contribution is 5.80. The smallest absolute Gasteiger partial charge is 0.229 e. The lowest BCUT2D eigenvalue weighted by Gasteiger charge is -2.37. The number of piperidine rings is 1. The molecule has 2 atom stereocenters. The quantitative estimate of drug-likeness (QED) is 0.800. The number of carbonyl (C=O) groups excluding carboxylic acids is 1. The molecule has 2 aliphatic heterocycles. The lowest BCUT2D eigenvalue weighted by molar-refractivity contribution is -0.143. The normalized spacial score (nSPS) is 27.2. The van der Waals surface area contributed by atoms with Crippen LogP contribution in [0.3, 0.4) is 0 Å². The Balaban J connectivity index is 1.72. The lowest BCUT2D eigenvalue weighted by atomic mass is 9.92. The van der Waals surface area contributed by atoms with Gasteiger partial charge in [-0.2, -0.15) is 0 Å². The second kappa shape index (κ2) is 5.50. The van der Waals surface area contributed by atoms with E-state index in [-0.39, 0.29) is 11.8 Å². The van der Waals surface area contributed by atoms with E-state index in [0.29, 0.717) is 26.1 Å². The Labute approximate surface area is 119 Å². The van der Waals surface area contributed by atoms with Crippen LogP contribution in [-0.4, -0.2) is 58.6 Å². The summed E-state index contributed by atoms with van der Waals surface area (Å²) in [5.74, 6) is -0.203. The van der Waals surface area contributed by atoms with Gasteiger partial charge in [0.2, 0.25) is 5.91 Å². The summed E-state index contributed by atoms with van der Waals surface area (Å²) in [6.45, 7) is 2.83. The van der Waals surface area contributed by atoms with E-state index in [1.54, 1.807) is 6.20 Å². The van der Waals surface area contributed by atoms with Crippen molar-refractivity contribution in [3.63, 3.8) is 0 Å². The topological polar surface area (TPSA) is 56.7 Å². The number of pyridine rings is 1. The van der Waals surface area contributed by atoms with Gasteiger partial charge in [0.1, 0.15) is 0 Å². The minimum absolute atomic E-state index is 0.0820. The van der Waals surface area contributed by atoms with E-state index < -0.39 is 6.10 Å². The van der Waals surface area contributed by atoms with Crippen LogP contribution in [0.5, 0.6) is 0 Å². The Bertz CT molecular complexity index is 506. The Morgan fingerprint density at radius 2 is 2.30 bits per heavy atom. The highest BCUT2D eigenvalue weighted by Gasteiger charge is 2.35. The van der Waals surface area contributed by atoms with E-state index in [0.717, 1.165) is 24.2 Å². The van der Waals surface area contributed by atoms with Crippen LogP contribution in [0, 0.1) is 5.92 Å². The number of rotatable bonds is 1. The number of nitrogens with zero attached hydrogens (tertiary/aromatic N) is 3. The van der Waals surface area contributed by atoms with E-state index >= 15 is 0 Å². The minimum atomic E-state index is -0.506. The van der Waals surface area contributed by atoms with E-state index in [4.69, 9.17) is 0 Å². The fourth-order valence-corrected chi connectivity index (χ4v) is 3.13. The monoisotopic (exact) mass is 275 g/mol. The van der Waals surface area contributed by atoms with Crippen molar-refractivity contribution in [3.05, 3.63) is 29.6 Å². The first kappa shape index (κ1) is 13.5. The molecule has 0 spiro atoms. The molecule has 0 unspecified atom stereocenters. The average molecular weight is 275 g/mol. The maximum atomic E-state index is 12.6. The highest BCUT2D eigenvalue weighted by atomic mass is 16.3. The summed E-state index contributed by atoms with van der Waals surface area (Å²) in [7, 11) is 2.00. The molecule has 1 saturated heterocycles. The molecule has 5 nitrogen and oxygen atoms in total. The van der Waals surface area contributed by atoms with Crippen molar-refractivity contribution in [2.45, 2.75) is 25.5 Å². The first-order valence-electron chi connectivity index (χ1n) is 7.23. The van der Waals surface area contributed by atoms with Gasteiger partial charge in [0.25, 0.3) is 0 Å². The summed E-state index contributed by atoms with van der Waals surface area (Å²) < 4.78 is 0. The van der Waals surface area contributed by atoms with Crippen LogP contribution in [0.4, 0.5) is 0 Å². The van der Waals surface area contributed by atoms with Gasteiger partial charge in [-0.1, -0.05) is 6.07 Å². The molecule has 1 N–H and O–H groups in total. The number of amides is 1. The van der Waals surface area contributed by atoms with Crippen molar-refractivity contribution >= 4 is 5.91 Å². The molecule has 0 saturated carbocycles. The molecule has 0 radical (unpaired) electrons. The van der Waals surface area contributed by atoms with E-state index in [1.165, 1.54) is 0 Å². The van der Waals surface area contributed by atoms with Crippen LogP contribution in [0.15, 0.2) is 18.3 Å². The van der Waals surface area contributed by atoms with Crippen molar-refractivity contribution in [3.8, 4) is 0 Å². The van der Waals surface area contributed by atoms with Crippen LogP contribution in [-0.2, 0) is 17.8 Å². The number of aliphatic hydroxyl groups excluding tert-OH is 1. The zero-order valence-electron chi connectivity index (χ0n) is 11.8. The fourth-order valence-electron chi connectivity index (χ4n) is 3.13. The molecule has 20 heavy (non-hydrogen) atoms. The molecule has 3 heterocycles. The molecule has 2 aliphatic rings. The van der Waals surface area contributed by atoms with Gasteiger partial charge in [-0.05, 0) is 25.1 Å². The van der Waals surface area contributed by atoms with Crippen LogP contribution in [0.1, 0.15) is 17.7 Å². The maximum absolute atomic E-state index is 12.6. The van der Waals surface area contributed by atoms with Crippen molar-refractivity contribution < 1.29 is 9.90 Å².